The average Bonchev–Trinajstić information content (AvgIpc) is 2.36. The topological polar surface area (TPSA) is 32.3 Å². The van der Waals surface area contributed by atoms with E-state index in [-0.39, 0.29) is 5.91 Å². The summed E-state index contributed by atoms with van der Waals surface area (Å²) in [7, 11) is 2.15. The van der Waals surface area contributed by atoms with Crippen LogP contribution >= 0.6 is 22.6 Å². The van der Waals surface area contributed by atoms with Crippen LogP contribution in [-0.2, 0) is 0 Å². The van der Waals surface area contributed by atoms with Crippen molar-refractivity contribution >= 4 is 28.5 Å². The molecule has 1 atom stereocenters. The van der Waals surface area contributed by atoms with Gasteiger partial charge in [0.25, 0.3) is 5.91 Å². The molecule has 0 aliphatic carbocycles. The Morgan fingerprint density at radius 3 is 3.11 bits per heavy atom. The normalized spacial score (nSPS) is 20.7. The third-order valence-electron chi connectivity index (χ3n) is 3.36. The number of piperidine rings is 1. The summed E-state index contributed by atoms with van der Waals surface area (Å²) in [5.74, 6) is 0.636. The standard InChI is InChI=1S/C14H19IN2O/c1-17-7-3-4-11(10-17)9-16-14(18)12-5-2-6-13(15)8-12/h2,5-6,8,11H,3-4,7,9-10H2,1H3,(H,16,18). The molecule has 0 saturated carbocycles. The molecule has 0 radical (unpaired) electrons. The smallest absolute Gasteiger partial charge is 0.251 e. The molecule has 3 nitrogen and oxygen atoms in total. The van der Waals surface area contributed by atoms with Gasteiger partial charge >= 0.3 is 0 Å². The van der Waals surface area contributed by atoms with Gasteiger partial charge in [-0.25, -0.2) is 0 Å². The molecule has 98 valence electrons. The molecular weight excluding hydrogens is 339 g/mol. The van der Waals surface area contributed by atoms with Gasteiger partial charge in [-0.15, -0.1) is 0 Å². The van der Waals surface area contributed by atoms with Gasteiger partial charge < -0.3 is 10.2 Å². The molecule has 1 fully saturated rings. The van der Waals surface area contributed by atoms with Crippen molar-refractivity contribution in [3.05, 3.63) is 33.4 Å². The molecule has 1 unspecified atom stereocenters. The van der Waals surface area contributed by atoms with Gasteiger partial charge in [-0.05, 0) is 73.1 Å². The van der Waals surface area contributed by atoms with E-state index in [0.29, 0.717) is 5.92 Å². The third kappa shape index (κ3) is 3.95. The lowest BCUT2D eigenvalue weighted by Gasteiger charge is -2.29. The molecule has 1 aliphatic rings. The van der Waals surface area contributed by atoms with Crippen LogP contribution in [0.2, 0.25) is 0 Å². The summed E-state index contributed by atoms with van der Waals surface area (Å²) in [5, 5.41) is 3.05. The Labute approximate surface area is 122 Å². The van der Waals surface area contributed by atoms with Crippen LogP contribution < -0.4 is 5.32 Å². The van der Waals surface area contributed by atoms with E-state index in [1.165, 1.54) is 19.4 Å². The van der Waals surface area contributed by atoms with E-state index >= 15 is 0 Å². The zero-order valence-electron chi connectivity index (χ0n) is 10.7. The fraction of sp³-hybridized carbons (Fsp3) is 0.500. The predicted molar refractivity (Wildman–Crippen MR) is 81.7 cm³/mol. The number of likely N-dealkylation sites (tertiary alicyclic amines) is 1. The highest BCUT2D eigenvalue weighted by Crippen LogP contribution is 2.14. The van der Waals surface area contributed by atoms with Crippen molar-refractivity contribution < 1.29 is 4.79 Å². The largest absolute Gasteiger partial charge is 0.352 e. The molecule has 1 N–H and O–H groups in total. The van der Waals surface area contributed by atoms with Gasteiger partial charge in [0.05, 0.1) is 0 Å². The first-order chi connectivity index (χ1) is 8.65. The Balaban J connectivity index is 1.84. The Kier molecular flexibility index (Phi) is 5.00. The van der Waals surface area contributed by atoms with Crippen LogP contribution in [0.5, 0.6) is 0 Å². The molecule has 18 heavy (non-hydrogen) atoms. The number of hydrogen-bond donors (Lipinski definition) is 1. The average molecular weight is 358 g/mol. The highest BCUT2D eigenvalue weighted by molar-refractivity contribution is 14.1. The second-order valence-corrected chi connectivity index (χ2v) is 6.24. The van der Waals surface area contributed by atoms with Crippen LogP contribution in [0.3, 0.4) is 0 Å². The van der Waals surface area contributed by atoms with Gasteiger partial charge in [0.15, 0.2) is 0 Å². The van der Waals surface area contributed by atoms with E-state index in [9.17, 15) is 4.79 Å². The summed E-state index contributed by atoms with van der Waals surface area (Å²) < 4.78 is 1.10. The molecular formula is C14H19IN2O. The first-order valence-electron chi connectivity index (χ1n) is 6.37. The summed E-state index contributed by atoms with van der Waals surface area (Å²) in [4.78, 5) is 14.3. The molecule has 1 heterocycles. The van der Waals surface area contributed by atoms with E-state index in [1.807, 2.05) is 24.3 Å². The van der Waals surface area contributed by atoms with Crippen LogP contribution in [0.4, 0.5) is 0 Å². The van der Waals surface area contributed by atoms with Gasteiger partial charge in [0.2, 0.25) is 0 Å². The molecule has 0 spiro atoms. The maximum atomic E-state index is 12.0. The predicted octanol–water partition coefficient (Wildman–Crippen LogP) is 2.36. The van der Waals surface area contributed by atoms with Crippen molar-refractivity contribution in [2.75, 3.05) is 26.7 Å². The van der Waals surface area contributed by atoms with Gasteiger partial charge in [-0.3, -0.25) is 4.79 Å². The summed E-state index contributed by atoms with van der Waals surface area (Å²) >= 11 is 2.23. The minimum atomic E-state index is 0.0433. The molecule has 1 aliphatic heterocycles. The lowest BCUT2D eigenvalue weighted by molar-refractivity contribution is 0.0937. The fourth-order valence-electron chi connectivity index (χ4n) is 2.41. The zero-order valence-corrected chi connectivity index (χ0v) is 12.8. The number of amides is 1. The van der Waals surface area contributed by atoms with E-state index in [1.54, 1.807) is 0 Å². The number of carbonyl (C=O) groups is 1. The SMILES string of the molecule is CN1CCCC(CNC(=O)c2cccc(I)c2)C1. The number of nitrogens with one attached hydrogen (secondary N) is 1. The van der Waals surface area contributed by atoms with Crippen molar-refractivity contribution in [3.63, 3.8) is 0 Å². The Morgan fingerprint density at radius 1 is 1.56 bits per heavy atom. The minimum Gasteiger partial charge on any atom is -0.352 e. The Hall–Kier alpha value is -0.620. The lowest BCUT2D eigenvalue weighted by atomic mass is 9.98. The molecule has 1 amide bonds. The first kappa shape index (κ1) is 13.8. The molecule has 2 rings (SSSR count). The molecule has 4 heteroatoms. The number of rotatable bonds is 3. The number of halogens is 1. The molecule has 0 bridgehead atoms. The maximum Gasteiger partial charge on any atom is 0.251 e. The minimum absolute atomic E-state index is 0.0433. The molecule has 1 saturated heterocycles. The second-order valence-electron chi connectivity index (χ2n) is 4.99. The van der Waals surface area contributed by atoms with Gasteiger partial charge in [0, 0.05) is 22.2 Å². The van der Waals surface area contributed by atoms with Crippen LogP contribution in [0.15, 0.2) is 24.3 Å². The summed E-state index contributed by atoms with van der Waals surface area (Å²) in [6, 6.07) is 7.70. The molecule has 1 aromatic carbocycles. The Morgan fingerprint density at radius 2 is 2.39 bits per heavy atom. The third-order valence-corrected chi connectivity index (χ3v) is 4.03. The van der Waals surface area contributed by atoms with Crippen LogP contribution in [0, 0.1) is 9.49 Å². The number of carbonyl (C=O) groups excluding carboxylic acids is 1. The monoisotopic (exact) mass is 358 g/mol. The quantitative estimate of drug-likeness (QED) is 0.842. The summed E-state index contributed by atoms with van der Waals surface area (Å²) in [6.45, 7) is 3.06. The fourth-order valence-corrected chi connectivity index (χ4v) is 2.95. The van der Waals surface area contributed by atoms with Crippen molar-refractivity contribution in [2.45, 2.75) is 12.8 Å². The Bertz CT molecular complexity index is 422. The van der Waals surface area contributed by atoms with Gasteiger partial charge in [-0.1, -0.05) is 6.07 Å². The number of nitrogens with zero attached hydrogens (tertiary/aromatic N) is 1. The van der Waals surface area contributed by atoms with Crippen molar-refractivity contribution in [3.8, 4) is 0 Å². The first-order valence-corrected chi connectivity index (χ1v) is 7.45. The van der Waals surface area contributed by atoms with Crippen LogP contribution in [0.1, 0.15) is 23.2 Å². The number of benzene rings is 1. The zero-order chi connectivity index (χ0) is 13.0. The summed E-state index contributed by atoms with van der Waals surface area (Å²) in [6.07, 6.45) is 2.46. The van der Waals surface area contributed by atoms with Gasteiger partial charge in [0.1, 0.15) is 0 Å². The highest BCUT2D eigenvalue weighted by Gasteiger charge is 2.17. The van der Waals surface area contributed by atoms with E-state index in [0.717, 1.165) is 22.2 Å². The van der Waals surface area contributed by atoms with Crippen LogP contribution in [-0.4, -0.2) is 37.5 Å². The summed E-state index contributed by atoms with van der Waals surface area (Å²) in [5.41, 5.74) is 0.756. The molecule has 0 aromatic heterocycles. The van der Waals surface area contributed by atoms with Gasteiger partial charge in [-0.2, -0.15) is 0 Å². The van der Waals surface area contributed by atoms with E-state index in [4.69, 9.17) is 0 Å². The molecule has 1 aromatic rings. The van der Waals surface area contributed by atoms with Crippen molar-refractivity contribution in [2.24, 2.45) is 5.92 Å². The lowest BCUT2D eigenvalue weighted by Crippen LogP contribution is -2.39. The second kappa shape index (κ2) is 6.52. The highest BCUT2D eigenvalue weighted by atomic mass is 127. The van der Waals surface area contributed by atoms with Crippen molar-refractivity contribution in [1.29, 1.82) is 0 Å². The maximum absolute atomic E-state index is 12.0. The van der Waals surface area contributed by atoms with Crippen LogP contribution in [0.25, 0.3) is 0 Å². The van der Waals surface area contributed by atoms with Crippen molar-refractivity contribution in [1.82, 2.24) is 10.2 Å². The van der Waals surface area contributed by atoms with E-state index in [2.05, 4.69) is 39.9 Å². The number of hydrogen-bond acceptors (Lipinski definition) is 2. The van der Waals surface area contributed by atoms with E-state index < -0.39 is 0 Å².